The molecule has 0 atom stereocenters. The first-order valence-corrected chi connectivity index (χ1v) is 12.8. The van der Waals surface area contributed by atoms with E-state index in [4.69, 9.17) is 9.26 Å². The first-order valence-electron chi connectivity index (χ1n) is 11.7. The van der Waals surface area contributed by atoms with Crippen molar-refractivity contribution in [3.63, 3.8) is 0 Å². The second-order valence-corrected chi connectivity index (χ2v) is 12.4. The van der Waals surface area contributed by atoms with Crippen LogP contribution in [0.4, 0.5) is 23.8 Å². The Bertz CT molecular complexity index is 1070. The fourth-order valence-electron chi connectivity index (χ4n) is 4.94. The molecule has 2 heterocycles. The van der Waals surface area contributed by atoms with E-state index in [0.29, 0.717) is 41.0 Å². The summed E-state index contributed by atoms with van der Waals surface area (Å²) in [6.45, 7) is 7.28. The first-order chi connectivity index (χ1) is 16.2. The maximum Gasteiger partial charge on any atom is 0.415 e. The molecule has 0 saturated heterocycles. The smallest absolute Gasteiger partial charge is 0.415 e. The minimum atomic E-state index is -3.18. The molecule has 3 fully saturated rings. The molecule has 0 N–H and O–H groups in total. The molecule has 1 amide bonds. The van der Waals surface area contributed by atoms with Gasteiger partial charge in [0.05, 0.1) is 16.4 Å². The van der Waals surface area contributed by atoms with Crippen LogP contribution in [-0.4, -0.2) is 34.4 Å². The molecule has 5 rings (SSSR count). The second-order valence-electron chi connectivity index (χ2n) is 11.2. The number of aromatic nitrogens is 3. The van der Waals surface area contributed by atoms with Crippen LogP contribution in [0.15, 0.2) is 16.8 Å². The van der Waals surface area contributed by atoms with Gasteiger partial charge in [0.1, 0.15) is 5.82 Å². The summed E-state index contributed by atoms with van der Waals surface area (Å²) >= 11 is 1.88. The number of carbonyl (C=O) groups excluding carboxylic acids is 1. The van der Waals surface area contributed by atoms with Crippen LogP contribution in [0.3, 0.4) is 0 Å². The van der Waals surface area contributed by atoms with E-state index in [1.54, 1.807) is 6.07 Å². The van der Waals surface area contributed by atoms with E-state index in [-0.39, 0.29) is 17.4 Å². The third-order valence-corrected chi connectivity index (χ3v) is 7.92. The van der Waals surface area contributed by atoms with Crippen LogP contribution < -0.4 is 4.90 Å². The molecule has 2 aromatic rings. The normalized spacial score (nSPS) is 24.5. The molecule has 0 spiro atoms. The highest BCUT2D eigenvalue weighted by molar-refractivity contribution is 14.1. The van der Waals surface area contributed by atoms with E-state index in [9.17, 15) is 18.0 Å². The van der Waals surface area contributed by atoms with Gasteiger partial charge in [0, 0.05) is 18.9 Å². The van der Waals surface area contributed by atoms with Crippen molar-refractivity contribution in [2.45, 2.75) is 77.6 Å². The lowest BCUT2D eigenvalue weighted by Crippen LogP contribution is -2.51. The van der Waals surface area contributed by atoms with Crippen LogP contribution in [0, 0.1) is 20.2 Å². The Morgan fingerprint density at radius 3 is 2.31 bits per heavy atom. The lowest BCUT2D eigenvalue weighted by molar-refractivity contribution is -0.0158. The van der Waals surface area contributed by atoms with Gasteiger partial charge in [0.15, 0.2) is 11.6 Å². The Labute approximate surface area is 216 Å². The Morgan fingerprint density at radius 1 is 1.17 bits per heavy atom. The average molecular weight is 606 g/mol. The molecular formula is C24H30F3IN4O3. The molecule has 0 unspecified atom stereocenters. The number of anilines is 1. The number of alkyl halides is 2. The van der Waals surface area contributed by atoms with E-state index in [1.807, 2.05) is 43.4 Å². The molecule has 2 aromatic heterocycles. The van der Waals surface area contributed by atoms with Gasteiger partial charge in [-0.1, -0.05) is 25.9 Å². The molecule has 3 aliphatic carbocycles. The number of carbonyl (C=O) groups is 1. The van der Waals surface area contributed by atoms with Crippen molar-refractivity contribution < 1.29 is 27.2 Å². The summed E-state index contributed by atoms with van der Waals surface area (Å²) in [5.41, 5.74) is -0.792. The minimum Gasteiger partial charge on any atom is -0.449 e. The predicted octanol–water partition coefficient (Wildman–Crippen LogP) is 6.60. The van der Waals surface area contributed by atoms with Crippen LogP contribution >= 0.6 is 22.6 Å². The van der Waals surface area contributed by atoms with Crippen LogP contribution in [0.2, 0.25) is 0 Å². The number of halogens is 4. The number of nitrogens with zero attached hydrogens (tertiary/aromatic N) is 4. The van der Waals surface area contributed by atoms with E-state index >= 15 is 0 Å². The highest BCUT2D eigenvalue weighted by Crippen LogP contribution is 2.57. The summed E-state index contributed by atoms with van der Waals surface area (Å²) in [5, 5.41) is 3.90. The lowest BCUT2D eigenvalue weighted by atomic mass is 9.53. The molecule has 0 aromatic carbocycles. The van der Waals surface area contributed by atoms with Gasteiger partial charge < -0.3 is 9.26 Å². The average Bonchev–Trinajstić information content (AvgIpc) is 3.31. The van der Waals surface area contributed by atoms with Crippen molar-refractivity contribution in [3.8, 4) is 0 Å². The zero-order chi connectivity index (χ0) is 25.6. The van der Waals surface area contributed by atoms with Gasteiger partial charge in [-0.2, -0.15) is 13.8 Å². The van der Waals surface area contributed by atoms with Gasteiger partial charge >= 0.3 is 12.0 Å². The van der Waals surface area contributed by atoms with Crippen molar-refractivity contribution in [2.75, 3.05) is 18.1 Å². The van der Waals surface area contributed by atoms with Crippen LogP contribution in [0.1, 0.15) is 77.9 Å². The first kappa shape index (κ1) is 26.2. The fraction of sp³-hybridized carbons (Fsp3) is 0.667. The Kier molecular flexibility index (Phi) is 6.86. The number of fused-ring (bicyclic) bond motifs is 3. The maximum absolute atomic E-state index is 13.9. The summed E-state index contributed by atoms with van der Waals surface area (Å²) in [7, 11) is 0. The number of rotatable bonds is 6. The summed E-state index contributed by atoms with van der Waals surface area (Å²) < 4.78 is 52.0. The molecular weight excluding hydrogens is 576 g/mol. The van der Waals surface area contributed by atoms with Gasteiger partial charge in [-0.3, -0.25) is 4.90 Å². The minimum absolute atomic E-state index is 0.189. The van der Waals surface area contributed by atoms with Crippen molar-refractivity contribution in [1.82, 2.24) is 15.1 Å². The third kappa shape index (κ3) is 5.59. The van der Waals surface area contributed by atoms with Crippen LogP contribution in [0.5, 0.6) is 0 Å². The lowest BCUT2D eigenvalue weighted by Gasteiger charge is -2.53. The van der Waals surface area contributed by atoms with E-state index in [1.165, 1.54) is 4.90 Å². The number of amides is 1. The quantitative estimate of drug-likeness (QED) is 0.345. The van der Waals surface area contributed by atoms with Crippen molar-refractivity contribution in [2.24, 2.45) is 10.8 Å². The highest BCUT2D eigenvalue weighted by Gasteiger charge is 2.53. The Hall–Kier alpha value is -1.92. The summed E-state index contributed by atoms with van der Waals surface area (Å²) in [5.74, 6) is -3.59. The molecule has 35 heavy (non-hydrogen) atoms. The largest absolute Gasteiger partial charge is 0.449 e. The fourth-order valence-corrected chi connectivity index (χ4v) is 5.35. The van der Waals surface area contributed by atoms with Crippen LogP contribution in [0.25, 0.3) is 0 Å². The molecule has 3 aliphatic rings. The summed E-state index contributed by atoms with van der Waals surface area (Å²) in [4.78, 5) is 22.9. The van der Waals surface area contributed by atoms with E-state index < -0.39 is 29.1 Å². The molecule has 0 radical (unpaired) electrons. The molecule has 0 aliphatic heterocycles. The van der Waals surface area contributed by atoms with E-state index in [2.05, 4.69) is 15.1 Å². The van der Waals surface area contributed by atoms with Gasteiger partial charge in [0.2, 0.25) is 0 Å². The second kappa shape index (κ2) is 9.19. The van der Waals surface area contributed by atoms with Gasteiger partial charge in [0.25, 0.3) is 5.89 Å². The molecule has 11 heteroatoms. The van der Waals surface area contributed by atoms with Gasteiger partial charge in [-0.05, 0) is 78.0 Å². The Morgan fingerprint density at radius 2 is 1.80 bits per heavy atom. The zero-order valence-electron chi connectivity index (χ0n) is 20.3. The van der Waals surface area contributed by atoms with Crippen LogP contribution in [-0.2, 0) is 16.1 Å². The standard InChI is InChI=1S/C24H30F3IN4O3/c1-21(2,3)14-34-20(33)32(17-11-16(28)15(25)12-29-17)13-23-5-8-24(9-6-23,10-7-23)18-30-19(35-31-18)22(4,26)27/h11-12H,5-10,13-14H2,1-4H3. The van der Waals surface area contributed by atoms with Gasteiger partial charge in [-0.15, -0.1) is 0 Å². The maximum atomic E-state index is 13.9. The predicted molar refractivity (Wildman–Crippen MR) is 131 cm³/mol. The monoisotopic (exact) mass is 606 g/mol. The summed E-state index contributed by atoms with van der Waals surface area (Å²) in [6.07, 6.45) is 5.02. The van der Waals surface area contributed by atoms with Gasteiger partial charge in [-0.25, -0.2) is 14.2 Å². The number of hydrogen-bond donors (Lipinski definition) is 0. The van der Waals surface area contributed by atoms with Crippen molar-refractivity contribution in [1.29, 1.82) is 0 Å². The SMILES string of the molecule is CC(C)(C)COC(=O)N(CC12CCC(c3noc(C(C)(F)F)n3)(CC1)CC2)c1cc(I)c(F)cn1. The number of pyridine rings is 1. The van der Waals surface area contributed by atoms with Crippen molar-refractivity contribution in [3.05, 3.63) is 33.4 Å². The topological polar surface area (TPSA) is 81.4 Å². The number of ether oxygens (including phenoxy) is 1. The van der Waals surface area contributed by atoms with E-state index in [0.717, 1.165) is 32.4 Å². The molecule has 2 bridgehead atoms. The highest BCUT2D eigenvalue weighted by atomic mass is 127. The third-order valence-electron chi connectivity index (χ3n) is 7.09. The summed E-state index contributed by atoms with van der Waals surface area (Å²) in [6, 6.07) is 1.55. The molecule has 3 saturated carbocycles. The number of hydrogen-bond acceptors (Lipinski definition) is 6. The Balaban J connectivity index is 1.54. The molecule has 192 valence electrons. The van der Waals surface area contributed by atoms with Crippen molar-refractivity contribution >= 4 is 34.5 Å². The molecule has 7 nitrogen and oxygen atoms in total. The zero-order valence-corrected chi connectivity index (χ0v) is 22.5.